The predicted octanol–water partition coefficient (Wildman–Crippen LogP) is 3.22. The molecule has 5 heteroatoms. The van der Waals surface area contributed by atoms with Gasteiger partial charge in [-0.2, -0.15) is 5.10 Å². The molecular formula is C18H24N4O. The number of nitrogens with one attached hydrogen (secondary N) is 1. The van der Waals surface area contributed by atoms with E-state index in [0.717, 1.165) is 30.4 Å². The summed E-state index contributed by atoms with van der Waals surface area (Å²) in [7, 11) is 1.78. The summed E-state index contributed by atoms with van der Waals surface area (Å²) in [6.45, 7) is 6.42. The summed E-state index contributed by atoms with van der Waals surface area (Å²) in [5, 5.41) is 7.14. The Bertz CT molecular complexity index is 682. The van der Waals surface area contributed by atoms with E-state index in [2.05, 4.69) is 34.4 Å². The smallest absolute Gasteiger partial charge is 0.273 e. The number of nitrogens with zero attached hydrogens (tertiary/aromatic N) is 3. The molecule has 0 saturated carbocycles. The summed E-state index contributed by atoms with van der Waals surface area (Å²) in [4.78, 5) is 14.7. The number of carbonyl (C=O) groups excluding carboxylic acids is 1. The maximum absolute atomic E-state index is 12.3. The van der Waals surface area contributed by atoms with Crippen LogP contribution in [0.5, 0.6) is 0 Å². The van der Waals surface area contributed by atoms with Gasteiger partial charge in [0.2, 0.25) is 0 Å². The molecule has 0 unspecified atom stereocenters. The minimum absolute atomic E-state index is 0.132. The van der Waals surface area contributed by atoms with Crippen LogP contribution in [0.3, 0.4) is 0 Å². The Hall–Kier alpha value is -2.30. The highest BCUT2D eigenvalue weighted by molar-refractivity contribution is 6.03. The van der Waals surface area contributed by atoms with Crippen molar-refractivity contribution in [2.24, 2.45) is 13.0 Å². The maximum Gasteiger partial charge on any atom is 0.273 e. The predicted molar refractivity (Wildman–Crippen MR) is 93.0 cm³/mol. The third-order valence-corrected chi connectivity index (χ3v) is 4.51. The Balaban J connectivity index is 1.65. The van der Waals surface area contributed by atoms with Crippen LogP contribution in [0.4, 0.5) is 11.4 Å². The van der Waals surface area contributed by atoms with E-state index in [1.165, 1.54) is 18.5 Å². The van der Waals surface area contributed by atoms with Crippen LogP contribution in [-0.2, 0) is 7.05 Å². The van der Waals surface area contributed by atoms with Crippen LogP contribution >= 0.6 is 0 Å². The number of piperidine rings is 1. The zero-order chi connectivity index (χ0) is 16.4. The van der Waals surface area contributed by atoms with E-state index in [1.54, 1.807) is 17.8 Å². The number of carbonyl (C=O) groups is 1. The first-order chi connectivity index (χ1) is 11.0. The Labute approximate surface area is 137 Å². The van der Waals surface area contributed by atoms with Crippen LogP contribution in [-0.4, -0.2) is 28.8 Å². The summed E-state index contributed by atoms with van der Waals surface area (Å²) in [5.41, 5.74) is 3.44. The largest absolute Gasteiger partial charge is 0.372 e. The summed E-state index contributed by atoms with van der Waals surface area (Å²) >= 11 is 0. The fourth-order valence-electron chi connectivity index (χ4n) is 3.04. The molecule has 2 heterocycles. The highest BCUT2D eigenvalue weighted by atomic mass is 16.2. The van der Waals surface area contributed by atoms with Gasteiger partial charge in [-0.05, 0) is 56.0 Å². The van der Waals surface area contributed by atoms with Gasteiger partial charge in [0.25, 0.3) is 5.91 Å². The summed E-state index contributed by atoms with van der Waals surface area (Å²) in [6, 6.07) is 9.89. The lowest BCUT2D eigenvalue weighted by Gasteiger charge is -2.32. The van der Waals surface area contributed by atoms with Crippen molar-refractivity contribution in [1.29, 1.82) is 0 Å². The SMILES string of the molecule is Cc1cc(C(=O)Nc2ccc(N3CCC(C)CC3)cc2)n(C)n1. The van der Waals surface area contributed by atoms with Crippen LogP contribution in [0.25, 0.3) is 0 Å². The Morgan fingerprint density at radius 3 is 2.43 bits per heavy atom. The maximum atomic E-state index is 12.3. The number of hydrogen-bond acceptors (Lipinski definition) is 3. The number of rotatable bonds is 3. The third-order valence-electron chi connectivity index (χ3n) is 4.51. The van der Waals surface area contributed by atoms with Crippen molar-refractivity contribution in [2.45, 2.75) is 26.7 Å². The van der Waals surface area contributed by atoms with Gasteiger partial charge in [-0.3, -0.25) is 9.48 Å². The Kier molecular flexibility index (Phi) is 4.37. The molecule has 1 saturated heterocycles. The third kappa shape index (κ3) is 3.55. The van der Waals surface area contributed by atoms with E-state index in [0.29, 0.717) is 5.69 Å². The molecule has 1 aromatic heterocycles. The van der Waals surface area contributed by atoms with Gasteiger partial charge in [0.15, 0.2) is 0 Å². The highest BCUT2D eigenvalue weighted by Gasteiger charge is 2.16. The Morgan fingerprint density at radius 2 is 1.87 bits per heavy atom. The molecule has 1 aliphatic rings. The topological polar surface area (TPSA) is 50.2 Å². The zero-order valence-electron chi connectivity index (χ0n) is 14.0. The highest BCUT2D eigenvalue weighted by Crippen LogP contribution is 2.24. The Morgan fingerprint density at radius 1 is 1.22 bits per heavy atom. The van der Waals surface area contributed by atoms with Crippen molar-refractivity contribution in [3.63, 3.8) is 0 Å². The molecule has 0 atom stereocenters. The lowest BCUT2D eigenvalue weighted by Crippen LogP contribution is -2.32. The van der Waals surface area contributed by atoms with Crippen molar-refractivity contribution >= 4 is 17.3 Å². The van der Waals surface area contributed by atoms with Crippen molar-refractivity contribution in [3.8, 4) is 0 Å². The van der Waals surface area contributed by atoms with E-state index in [-0.39, 0.29) is 5.91 Å². The van der Waals surface area contributed by atoms with Crippen molar-refractivity contribution < 1.29 is 4.79 Å². The van der Waals surface area contributed by atoms with Gasteiger partial charge in [-0.15, -0.1) is 0 Å². The molecule has 1 amide bonds. The first-order valence-corrected chi connectivity index (χ1v) is 8.20. The van der Waals surface area contributed by atoms with Gasteiger partial charge in [-0.1, -0.05) is 6.92 Å². The van der Waals surface area contributed by atoms with Crippen LogP contribution in [0.1, 0.15) is 35.9 Å². The summed E-state index contributed by atoms with van der Waals surface area (Å²) in [6.07, 6.45) is 2.50. The quantitative estimate of drug-likeness (QED) is 0.947. The number of hydrogen-bond donors (Lipinski definition) is 1. The molecule has 1 aliphatic heterocycles. The molecule has 5 nitrogen and oxygen atoms in total. The average Bonchev–Trinajstić information content (AvgIpc) is 2.88. The van der Waals surface area contributed by atoms with Crippen LogP contribution in [0.15, 0.2) is 30.3 Å². The lowest BCUT2D eigenvalue weighted by atomic mass is 9.99. The fraction of sp³-hybridized carbons (Fsp3) is 0.444. The minimum Gasteiger partial charge on any atom is -0.372 e. The van der Waals surface area contributed by atoms with Crippen molar-refractivity contribution in [1.82, 2.24) is 9.78 Å². The van der Waals surface area contributed by atoms with Crippen LogP contribution < -0.4 is 10.2 Å². The van der Waals surface area contributed by atoms with E-state index in [1.807, 2.05) is 19.1 Å². The molecule has 3 rings (SSSR count). The van der Waals surface area contributed by atoms with E-state index in [4.69, 9.17) is 0 Å². The van der Waals surface area contributed by atoms with Crippen LogP contribution in [0, 0.1) is 12.8 Å². The zero-order valence-corrected chi connectivity index (χ0v) is 14.0. The lowest BCUT2D eigenvalue weighted by molar-refractivity contribution is 0.101. The van der Waals surface area contributed by atoms with Gasteiger partial charge < -0.3 is 10.2 Å². The molecule has 0 aliphatic carbocycles. The number of aryl methyl sites for hydroxylation is 2. The average molecular weight is 312 g/mol. The fourth-order valence-corrected chi connectivity index (χ4v) is 3.04. The number of aromatic nitrogens is 2. The molecule has 2 aromatic rings. The molecule has 1 fully saturated rings. The van der Waals surface area contributed by atoms with Gasteiger partial charge in [0.05, 0.1) is 5.69 Å². The van der Waals surface area contributed by atoms with E-state index < -0.39 is 0 Å². The second-order valence-electron chi connectivity index (χ2n) is 6.47. The second kappa shape index (κ2) is 6.44. The monoisotopic (exact) mass is 312 g/mol. The number of amides is 1. The molecular weight excluding hydrogens is 288 g/mol. The minimum atomic E-state index is -0.132. The molecule has 0 radical (unpaired) electrons. The standard InChI is InChI=1S/C18H24N4O/c1-13-8-10-22(11-9-13)16-6-4-15(5-7-16)19-18(23)17-12-14(2)20-21(17)3/h4-7,12-13H,8-11H2,1-3H3,(H,19,23). The number of anilines is 2. The van der Waals surface area contributed by atoms with Crippen LogP contribution in [0.2, 0.25) is 0 Å². The van der Waals surface area contributed by atoms with E-state index in [9.17, 15) is 4.79 Å². The molecule has 122 valence electrons. The normalized spacial score (nSPS) is 15.7. The van der Waals surface area contributed by atoms with E-state index >= 15 is 0 Å². The van der Waals surface area contributed by atoms with Crippen molar-refractivity contribution in [3.05, 3.63) is 41.7 Å². The molecule has 0 spiro atoms. The van der Waals surface area contributed by atoms with Gasteiger partial charge in [0, 0.05) is 31.5 Å². The number of benzene rings is 1. The van der Waals surface area contributed by atoms with Gasteiger partial charge in [0.1, 0.15) is 5.69 Å². The van der Waals surface area contributed by atoms with Crippen molar-refractivity contribution in [2.75, 3.05) is 23.3 Å². The summed E-state index contributed by atoms with van der Waals surface area (Å²) < 4.78 is 1.61. The first-order valence-electron chi connectivity index (χ1n) is 8.20. The molecule has 1 N–H and O–H groups in total. The molecule has 0 bridgehead atoms. The summed E-state index contributed by atoms with van der Waals surface area (Å²) in [5.74, 6) is 0.694. The van der Waals surface area contributed by atoms with Gasteiger partial charge in [-0.25, -0.2) is 0 Å². The second-order valence-corrected chi connectivity index (χ2v) is 6.47. The first kappa shape index (κ1) is 15.6. The molecule has 23 heavy (non-hydrogen) atoms. The molecule has 1 aromatic carbocycles. The van der Waals surface area contributed by atoms with Gasteiger partial charge >= 0.3 is 0 Å².